The van der Waals surface area contributed by atoms with E-state index in [1.807, 2.05) is 9.80 Å². The van der Waals surface area contributed by atoms with Gasteiger partial charge in [-0.05, 0) is 69.8 Å². The van der Waals surface area contributed by atoms with Crippen LogP contribution in [0.25, 0.3) is 0 Å². The van der Waals surface area contributed by atoms with Crippen molar-refractivity contribution < 1.29 is 69.6 Å². The Morgan fingerprint density at radius 2 is 1.40 bits per heavy atom. The molecule has 0 aromatic heterocycles. The van der Waals surface area contributed by atoms with Crippen LogP contribution >= 0.6 is 0 Å². The molecule has 17 heteroatoms. The Labute approximate surface area is 304 Å². The molecule has 300 valence electrons. The van der Waals surface area contributed by atoms with Crippen LogP contribution in [-0.2, 0) is 43.2 Å². The maximum atomic E-state index is 15.0. The number of piperazine rings is 1. The van der Waals surface area contributed by atoms with E-state index < -0.39 is 77.5 Å². The van der Waals surface area contributed by atoms with E-state index in [0.29, 0.717) is 64.7 Å². The van der Waals surface area contributed by atoms with Crippen LogP contribution in [0, 0.1) is 29.6 Å². The largest absolute Gasteiger partial charge is 0.456 e. The number of ether oxygens (including phenoxy) is 5. The van der Waals surface area contributed by atoms with Crippen molar-refractivity contribution in [3.63, 3.8) is 0 Å². The summed E-state index contributed by atoms with van der Waals surface area (Å²) in [5.41, 5.74) is -2.17. The predicted octanol–water partition coefficient (Wildman–Crippen LogP) is 6.33. The topological polar surface area (TPSA) is 89.6 Å². The first-order chi connectivity index (χ1) is 25.0. The van der Waals surface area contributed by atoms with Gasteiger partial charge >= 0.3 is 12.4 Å². The molecule has 9 aliphatic heterocycles. The molecule has 10 fully saturated rings. The van der Waals surface area contributed by atoms with Gasteiger partial charge in [-0.2, -0.15) is 26.3 Å². The van der Waals surface area contributed by atoms with Crippen LogP contribution in [-0.4, -0.2) is 109 Å². The highest BCUT2D eigenvalue weighted by atomic mass is 19.4. The number of allylic oxidation sites excluding steroid dienone is 1. The van der Waals surface area contributed by atoms with Crippen LogP contribution in [0.5, 0.6) is 0 Å². The van der Waals surface area contributed by atoms with Crippen LogP contribution in [0.3, 0.4) is 0 Å². The van der Waals surface area contributed by atoms with Crippen molar-refractivity contribution >= 4 is 0 Å². The van der Waals surface area contributed by atoms with Gasteiger partial charge in [-0.15, -0.1) is 0 Å². The molecule has 12 atom stereocenters. The maximum Gasteiger partial charge on any atom is 0.449 e. The normalized spacial score (nSPS) is 48.8. The lowest BCUT2D eigenvalue weighted by Crippen LogP contribution is -2.72. The molecule has 4 unspecified atom stereocenters. The van der Waals surface area contributed by atoms with Crippen LogP contribution in [0.15, 0.2) is 11.3 Å². The van der Waals surface area contributed by atoms with E-state index in [1.54, 1.807) is 13.8 Å². The molecular weight excluding hydrogens is 718 g/mol. The van der Waals surface area contributed by atoms with Crippen molar-refractivity contribution in [1.29, 1.82) is 0 Å². The number of halogens is 6. The molecule has 2 spiro atoms. The van der Waals surface area contributed by atoms with Gasteiger partial charge < -0.3 is 23.7 Å². The van der Waals surface area contributed by atoms with Gasteiger partial charge in [0, 0.05) is 76.3 Å². The number of hydrogen-bond donors (Lipinski definition) is 0. The van der Waals surface area contributed by atoms with Gasteiger partial charge in [0.2, 0.25) is 23.6 Å². The Kier molecular flexibility index (Phi) is 8.88. The van der Waals surface area contributed by atoms with Gasteiger partial charge in [-0.1, -0.05) is 13.3 Å². The van der Waals surface area contributed by atoms with Gasteiger partial charge in [0.25, 0.3) is 5.79 Å². The summed E-state index contributed by atoms with van der Waals surface area (Å²) in [4.78, 5) is 27.4. The van der Waals surface area contributed by atoms with Gasteiger partial charge in [0.1, 0.15) is 0 Å². The standard InChI is InChI=1S/C36H50F6N2O9/c1-21-7-8-26-24(27(35(37,38)39)46-28-34(26)25(21)10-12-31(3,47-28)51-53-34)20-44-15-13-43(14-16-44)17-18-45-32(36(40,41)42)19-23-6-4-5-22-9-11-30(2)48-29(49-32)33(22,23)52-50-30/h21-23,25-26,28-29H,4-20H2,1-3H3/t21-,22?,23+,25?,26+,28-,29+,30?,31-,32-,33?,34-/m1/s1. The third-order valence-electron chi connectivity index (χ3n) is 14.2. The maximum absolute atomic E-state index is 15.0. The first kappa shape index (κ1) is 37.3. The molecule has 0 radical (unpaired) electrons. The summed E-state index contributed by atoms with van der Waals surface area (Å²) in [5, 5.41) is 0. The summed E-state index contributed by atoms with van der Waals surface area (Å²) in [6, 6.07) is 0. The predicted molar refractivity (Wildman–Crippen MR) is 169 cm³/mol. The van der Waals surface area contributed by atoms with Crippen LogP contribution in [0.1, 0.15) is 85.0 Å². The highest BCUT2D eigenvalue weighted by Gasteiger charge is 2.74. The van der Waals surface area contributed by atoms with Crippen molar-refractivity contribution in [2.45, 2.75) is 138 Å². The fourth-order valence-corrected chi connectivity index (χ4v) is 11.3. The van der Waals surface area contributed by atoms with Crippen LogP contribution in [0.2, 0.25) is 0 Å². The van der Waals surface area contributed by atoms with Gasteiger partial charge in [0.05, 0.1) is 6.61 Å². The third kappa shape index (κ3) is 5.83. The Bertz CT molecular complexity index is 1460. The fraction of sp³-hybridized carbons (Fsp3) is 0.944. The zero-order valence-corrected chi connectivity index (χ0v) is 30.4. The molecule has 0 amide bonds. The molecule has 53 heavy (non-hydrogen) atoms. The van der Waals surface area contributed by atoms with E-state index in [-0.39, 0.29) is 43.0 Å². The summed E-state index contributed by atoms with van der Waals surface area (Å²) >= 11 is 0. The van der Waals surface area contributed by atoms with E-state index in [0.717, 1.165) is 19.3 Å². The summed E-state index contributed by atoms with van der Waals surface area (Å²) in [6.45, 7) is 7.03. The molecule has 2 aliphatic carbocycles. The SMILES string of the molecule is C[C@@H]1CC[C@H]2C(CN3CCN(CCO[C@]4(C(F)(F)F)C[C@@H]5CCCC6CCC7(C)OOC65[C@@H](O7)O4)CC3)=C(C(F)(F)F)O[C@@H]3O[C@@]4(C)CCC1[C@]32OO4. The first-order valence-corrected chi connectivity index (χ1v) is 19.4. The second-order valence-corrected chi connectivity index (χ2v) is 17.3. The smallest absolute Gasteiger partial charge is 0.449 e. The summed E-state index contributed by atoms with van der Waals surface area (Å²) in [7, 11) is 0. The highest BCUT2D eigenvalue weighted by molar-refractivity contribution is 5.29. The number of alkyl halides is 6. The number of nitrogens with zero attached hydrogens (tertiary/aromatic N) is 2. The molecule has 0 aromatic rings. The lowest BCUT2D eigenvalue weighted by Gasteiger charge is -2.59. The fourth-order valence-electron chi connectivity index (χ4n) is 11.3. The second kappa shape index (κ2) is 12.6. The number of fused-ring (bicyclic) bond motifs is 4. The van der Waals surface area contributed by atoms with E-state index in [1.165, 1.54) is 0 Å². The second-order valence-electron chi connectivity index (χ2n) is 17.3. The lowest BCUT2D eigenvalue weighted by molar-refractivity contribution is -0.590. The van der Waals surface area contributed by atoms with E-state index in [9.17, 15) is 26.3 Å². The van der Waals surface area contributed by atoms with Gasteiger partial charge in [-0.3, -0.25) is 9.80 Å². The van der Waals surface area contributed by atoms with E-state index >= 15 is 0 Å². The van der Waals surface area contributed by atoms with Crippen LogP contribution < -0.4 is 0 Å². The number of rotatable bonds is 6. The zero-order chi connectivity index (χ0) is 37.2. The molecule has 11 aliphatic rings. The van der Waals surface area contributed by atoms with Crippen LogP contribution in [0.4, 0.5) is 26.3 Å². The first-order valence-electron chi connectivity index (χ1n) is 19.4. The molecule has 11 rings (SSSR count). The van der Waals surface area contributed by atoms with E-state index in [2.05, 4.69) is 6.92 Å². The molecule has 2 saturated carbocycles. The minimum absolute atomic E-state index is 0.0152. The summed E-state index contributed by atoms with van der Waals surface area (Å²) < 4.78 is 119. The van der Waals surface area contributed by atoms with Crippen molar-refractivity contribution in [3.05, 3.63) is 11.3 Å². The van der Waals surface area contributed by atoms with Crippen molar-refractivity contribution in [3.8, 4) is 0 Å². The Morgan fingerprint density at radius 1 is 0.736 bits per heavy atom. The minimum Gasteiger partial charge on any atom is -0.456 e. The zero-order valence-electron chi connectivity index (χ0n) is 30.4. The Balaban J connectivity index is 0.871. The van der Waals surface area contributed by atoms with Gasteiger partial charge in [-0.25, -0.2) is 19.6 Å². The van der Waals surface area contributed by atoms with Crippen molar-refractivity contribution in [2.24, 2.45) is 29.6 Å². The third-order valence-corrected chi connectivity index (χ3v) is 14.2. The summed E-state index contributed by atoms with van der Waals surface area (Å²) in [5.74, 6) is -7.44. The lowest BCUT2D eigenvalue weighted by atomic mass is 9.59. The Hall–Kier alpha value is -1.28. The number of hydrogen-bond acceptors (Lipinski definition) is 11. The summed E-state index contributed by atoms with van der Waals surface area (Å²) in [6.07, 6.45) is -6.91. The molecule has 11 nitrogen and oxygen atoms in total. The van der Waals surface area contributed by atoms with Gasteiger partial charge in [0.15, 0.2) is 17.5 Å². The molecule has 8 saturated heterocycles. The monoisotopic (exact) mass is 768 g/mol. The van der Waals surface area contributed by atoms with Crippen molar-refractivity contribution in [1.82, 2.24) is 9.80 Å². The highest BCUT2D eigenvalue weighted by Crippen LogP contribution is 2.63. The van der Waals surface area contributed by atoms with E-state index in [4.69, 9.17) is 43.2 Å². The molecule has 0 aromatic carbocycles. The quantitative estimate of drug-likeness (QED) is 0.225. The Morgan fingerprint density at radius 3 is 2.11 bits per heavy atom. The minimum atomic E-state index is -4.84. The average Bonchev–Trinajstić information content (AvgIpc) is 3.46. The average molecular weight is 769 g/mol. The molecular formula is C36H50F6N2O9. The molecule has 0 N–H and O–H groups in total. The van der Waals surface area contributed by atoms with Crippen molar-refractivity contribution in [2.75, 3.05) is 45.9 Å². The molecule has 4 bridgehead atoms. The molecule has 9 heterocycles.